The largest absolute Gasteiger partial charge is 0.495 e. The zero-order valence-electron chi connectivity index (χ0n) is 15.0. The zero-order valence-corrected chi connectivity index (χ0v) is 16.6. The molecule has 2 heterocycles. The van der Waals surface area contributed by atoms with Gasteiger partial charge in [0.25, 0.3) is 0 Å². The number of hydrogen-bond acceptors (Lipinski definition) is 5. The van der Waals surface area contributed by atoms with Gasteiger partial charge in [-0.15, -0.1) is 11.3 Å². The van der Waals surface area contributed by atoms with Crippen molar-refractivity contribution in [3.8, 4) is 11.4 Å². The van der Waals surface area contributed by atoms with Crippen molar-refractivity contribution in [2.75, 3.05) is 12.4 Å². The Labute approximate surface area is 169 Å². The van der Waals surface area contributed by atoms with E-state index in [9.17, 15) is 9.18 Å². The molecule has 0 saturated heterocycles. The molecule has 0 saturated carbocycles. The number of benzene rings is 2. The van der Waals surface area contributed by atoms with Gasteiger partial charge in [-0.1, -0.05) is 17.7 Å². The fourth-order valence-electron chi connectivity index (χ4n) is 3.01. The number of nitrogens with zero attached hydrogens (tertiary/aromatic N) is 2. The van der Waals surface area contributed by atoms with E-state index in [4.69, 9.17) is 16.3 Å². The molecule has 0 aliphatic heterocycles. The second kappa shape index (κ2) is 7.26. The second-order valence-corrected chi connectivity index (χ2v) is 7.77. The second-order valence-electron chi connectivity index (χ2n) is 6.10. The van der Waals surface area contributed by atoms with E-state index in [-0.39, 0.29) is 5.69 Å². The SMILES string of the molecule is COc1cccc(Nc2cc3cnn(-c4cc(C=O)sc4C)c3cc2F)c1Cl. The van der Waals surface area contributed by atoms with E-state index < -0.39 is 5.82 Å². The van der Waals surface area contributed by atoms with Gasteiger partial charge in [0.2, 0.25) is 0 Å². The number of aromatic nitrogens is 2. The number of aldehydes is 1. The Morgan fingerprint density at radius 2 is 2.11 bits per heavy atom. The molecule has 142 valence electrons. The summed E-state index contributed by atoms with van der Waals surface area (Å²) in [5.74, 6) is 0.0523. The number of thiophene rings is 1. The van der Waals surface area contributed by atoms with E-state index in [1.54, 1.807) is 41.2 Å². The first-order valence-corrected chi connectivity index (χ1v) is 9.54. The highest BCUT2D eigenvalue weighted by atomic mass is 35.5. The molecular weight excluding hydrogens is 401 g/mol. The van der Waals surface area contributed by atoms with Crippen LogP contribution < -0.4 is 10.1 Å². The smallest absolute Gasteiger partial charge is 0.160 e. The third-order valence-electron chi connectivity index (χ3n) is 4.36. The highest BCUT2D eigenvalue weighted by Crippen LogP contribution is 2.35. The van der Waals surface area contributed by atoms with Crippen LogP contribution in [0.15, 0.2) is 42.6 Å². The van der Waals surface area contributed by atoms with Crippen LogP contribution in [-0.2, 0) is 0 Å². The van der Waals surface area contributed by atoms with Crippen LogP contribution in [0.2, 0.25) is 5.02 Å². The molecule has 0 amide bonds. The molecular formula is C20H15ClFN3O2S. The van der Waals surface area contributed by atoms with Gasteiger partial charge in [0.05, 0.1) is 40.8 Å². The van der Waals surface area contributed by atoms with Crippen molar-refractivity contribution in [3.63, 3.8) is 0 Å². The number of carbonyl (C=O) groups excluding carboxylic acids is 1. The standard InChI is InChI=1S/C20H15ClFN3O2S/c1-11-17(7-13(10-26)28-11)25-18-8-14(22)16(6-12(18)9-23-25)24-15-4-3-5-19(27-2)20(15)21/h3-10,24H,1-2H3. The number of methoxy groups -OCH3 is 1. The summed E-state index contributed by atoms with van der Waals surface area (Å²) >= 11 is 7.67. The van der Waals surface area contributed by atoms with Crippen LogP contribution in [0.4, 0.5) is 15.8 Å². The summed E-state index contributed by atoms with van der Waals surface area (Å²) in [6.45, 7) is 1.90. The lowest BCUT2D eigenvalue weighted by Crippen LogP contribution is -1.98. The summed E-state index contributed by atoms with van der Waals surface area (Å²) < 4.78 is 21.7. The lowest BCUT2D eigenvalue weighted by molar-refractivity contribution is 0.112. The predicted molar refractivity (Wildman–Crippen MR) is 110 cm³/mol. The summed E-state index contributed by atoms with van der Waals surface area (Å²) in [7, 11) is 1.52. The number of carbonyl (C=O) groups is 1. The molecule has 0 spiro atoms. The lowest BCUT2D eigenvalue weighted by Gasteiger charge is -2.12. The van der Waals surface area contributed by atoms with Gasteiger partial charge in [-0.2, -0.15) is 5.10 Å². The number of nitrogens with one attached hydrogen (secondary N) is 1. The van der Waals surface area contributed by atoms with Crippen LogP contribution in [0.3, 0.4) is 0 Å². The van der Waals surface area contributed by atoms with E-state index in [1.165, 1.54) is 24.5 Å². The number of halogens is 2. The van der Waals surface area contributed by atoms with Crippen LogP contribution in [0.5, 0.6) is 5.75 Å². The third-order valence-corrected chi connectivity index (χ3v) is 5.72. The molecule has 5 nitrogen and oxygen atoms in total. The quantitative estimate of drug-likeness (QED) is 0.421. The first-order chi connectivity index (χ1) is 13.5. The molecule has 8 heteroatoms. The highest BCUT2D eigenvalue weighted by Gasteiger charge is 2.15. The molecule has 1 N–H and O–H groups in total. The van der Waals surface area contributed by atoms with E-state index >= 15 is 0 Å². The summed E-state index contributed by atoms with van der Waals surface area (Å²) in [5.41, 5.74) is 2.19. The van der Waals surface area contributed by atoms with Crippen LogP contribution >= 0.6 is 22.9 Å². The molecule has 28 heavy (non-hydrogen) atoms. The third kappa shape index (κ3) is 3.12. The van der Waals surface area contributed by atoms with Crippen molar-refractivity contribution in [2.24, 2.45) is 0 Å². The minimum absolute atomic E-state index is 0.276. The Morgan fingerprint density at radius 1 is 1.29 bits per heavy atom. The Bertz CT molecular complexity index is 1200. The van der Waals surface area contributed by atoms with E-state index in [0.29, 0.717) is 26.9 Å². The number of ether oxygens (including phenoxy) is 1. The van der Waals surface area contributed by atoms with Gasteiger partial charge < -0.3 is 10.1 Å². The highest BCUT2D eigenvalue weighted by molar-refractivity contribution is 7.14. The average molecular weight is 416 g/mol. The van der Waals surface area contributed by atoms with Crippen LogP contribution in [0.25, 0.3) is 16.6 Å². The Hall–Kier alpha value is -2.90. The topological polar surface area (TPSA) is 56.1 Å². The monoisotopic (exact) mass is 415 g/mol. The minimum atomic E-state index is -0.448. The molecule has 4 aromatic rings. The van der Waals surface area contributed by atoms with Gasteiger partial charge in [0.1, 0.15) is 16.6 Å². The molecule has 0 bridgehead atoms. The molecule has 4 rings (SSSR count). The number of rotatable bonds is 5. The van der Waals surface area contributed by atoms with Gasteiger partial charge in [-0.3, -0.25) is 4.79 Å². The maximum Gasteiger partial charge on any atom is 0.160 e. The van der Waals surface area contributed by atoms with E-state index in [0.717, 1.165) is 22.2 Å². The van der Waals surface area contributed by atoms with Crippen LogP contribution in [0.1, 0.15) is 14.5 Å². The Morgan fingerprint density at radius 3 is 2.82 bits per heavy atom. The summed E-state index contributed by atoms with van der Waals surface area (Å²) in [4.78, 5) is 12.6. The first-order valence-electron chi connectivity index (χ1n) is 8.34. The molecule has 0 aliphatic rings. The normalized spacial score (nSPS) is 11.0. The van der Waals surface area contributed by atoms with Gasteiger partial charge in [0.15, 0.2) is 6.29 Å². The zero-order chi connectivity index (χ0) is 19.8. The molecule has 2 aromatic heterocycles. The van der Waals surface area contributed by atoms with E-state index in [2.05, 4.69) is 10.4 Å². The van der Waals surface area contributed by atoms with Gasteiger partial charge in [-0.05, 0) is 31.2 Å². The first kappa shape index (κ1) is 18.5. The summed E-state index contributed by atoms with van der Waals surface area (Å²) in [5, 5.41) is 8.51. The molecule has 0 atom stereocenters. The number of aryl methyl sites for hydroxylation is 1. The Balaban J connectivity index is 1.76. The molecule has 0 fully saturated rings. The lowest BCUT2D eigenvalue weighted by atomic mass is 10.2. The van der Waals surface area contributed by atoms with Gasteiger partial charge in [-0.25, -0.2) is 9.07 Å². The molecule has 0 aliphatic carbocycles. The minimum Gasteiger partial charge on any atom is -0.495 e. The van der Waals surface area contributed by atoms with Crippen molar-refractivity contribution in [3.05, 3.63) is 63.2 Å². The number of anilines is 2. The van der Waals surface area contributed by atoms with Crippen molar-refractivity contribution < 1.29 is 13.9 Å². The van der Waals surface area contributed by atoms with E-state index in [1.807, 2.05) is 6.92 Å². The summed E-state index contributed by atoms with van der Waals surface area (Å²) in [6, 6.07) is 10.1. The van der Waals surface area contributed by atoms with Crippen molar-refractivity contribution in [1.82, 2.24) is 9.78 Å². The van der Waals surface area contributed by atoms with Gasteiger partial charge >= 0.3 is 0 Å². The fraction of sp³-hybridized carbons (Fsp3) is 0.100. The van der Waals surface area contributed by atoms with Crippen LogP contribution in [-0.4, -0.2) is 23.2 Å². The maximum absolute atomic E-state index is 14.8. The average Bonchev–Trinajstić information content (AvgIpc) is 3.26. The predicted octanol–water partition coefficient (Wildman–Crippen LogP) is 5.75. The molecule has 2 aromatic carbocycles. The van der Waals surface area contributed by atoms with Crippen LogP contribution in [0, 0.1) is 12.7 Å². The summed E-state index contributed by atoms with van der Waals surface area (Å²) in [6.07, 6.45) is 2.46. The van der Waals surface area contributed by atoms with Gasteiger partial charge in [0, 0.05) is 16.3 Å². The number of fused-ring (bicyclic) bond motifs is 1. The fourth-order valence-corrected chi connectivity index (χ4v) is 4.08. The van der Waals surface area contributed by atoms with Crippen molar-refractivity contribution >= 4 is 51.5 Å². The Kier molecular flexibility index (Phi) is 4.78. The van der Waals surface area contributed by atoms with Crippen molar-refractivity contribution in [2.45, 2.75) is 6.92 Å². The molecule has 0 unspecified atom stereocenters. The maximum atomic E-state index is 14.8. The molecule has 0 radical (unpaired) electrons. The number of hydrogen-bond donors (Lipinski definition) is 1. The van der Waals surface area contributed by atoms with Crippen molar-refractivity contribution in [1.29, 1.82) is 0 Å².